The lowest BCUT2D eigenvalue weighted by Gasteiger charge is -2.52. The van der Waals surface area contributed by atoms with E-state index >= 15 is 0 Å². The molecule has 1 unspecified atom stereocenters. The van der Waals surface area contributed by atoms with Crippen molar-refractivity contribution in [3.05, 3.63) is 187 Å². The summed E-state index contributed by atoms with van der Waals surface area (Å²) in [6.45, 7) is 43.5. The fraction of sp³-hybridized carbons (Fsp3) is 0.221. The van der Waals surface area contributed by atoms with Crippen LogP contribution in [0.25, 0.3) is 382 Å². The molecule has 2 spiro atoms. The summed E-state index contributed by atoms with van der Waals surface area (Å²) in [7, 11) is 2.62. The van der Waals surface area contributed by atoms with E-state index in [2.05, 4.69) is 274 Å². The van der Waals surface area contributed by atoms with E-state index < -0.39 is 10.8 Å². The van der Waals surface area contributed by atoms with Gasteiger partial charge in [-0.25, -0.2) is 9.97 Å². The topological polar surface area (TPSA) is 60.6 Å². The minimum atomic E-state index is -0.524. The molecule has 1 atom stereocenters. The molecule has 1 fully saturated rings. The summed E-state index contributed by atoms with van der Waals surface area (Å²) in [5, 5.41) is 88.4. The number of nitrogens with zero attached hydrogens (tertiary/aromatic N) is 3. The second-order valence-electron chi connectivity index (χ2n) is 51.8. The minimum absolute atomic E-state index is 0.0496. The van der Waals surface area contributed by atoms with Crippen LogP contribution in [-0.2, 0) is 43.3 Å². The number of hydrogen-bond acceptors (Lipinski definition) is 3. The second-order valence-corrected chi connectivity index (χ2v) is 51.8. The minimum Gasteiger partial charge on any atom is -0.354 e. The predicted molar refractivity (Wildman–Crippen MR) is 582 cm³/mol. The zero-order valence-electron chi connectivity index (χ0n) is 79.3. The number of rotatable bonds is 5. The molecule has 4 aliphatic carbocycles. The molecule has 2 N–H and O–H groups in total. The van der Waals surface area contributed by atoms with Gasteiger partial charge in [-0.05, 0) is 462 Å². The Bertz CT molecular complexity index is 11400. The molecule has 3 aromatic heterocycles. The van der Waals surface area contributed by atoms with Crippen LogP contribution >= 0.6 is 0 Å². The molecule has 35 aromatic rings. The molecule has 8 bridgehead atoms. The van der Waals surface area contributed by atoms with E-state index in [1.807, 2.05) is 0 Å². The Balaban J connectivity index is 0.633. The van der Waals surface area contributed by atoms with E-state index in [1.165, 1.54) is 38.9 Å². The quantitative estimate of drug-likeness (QED) is 0.169. The van der Waals surface area contributed by atoms with Crippen molar-refractivity contribution in [3.63, 3.8) is 0 Å². The third-order valence-corrected chi connectivity index (χ3v) is 40.0. The molecule has 32 aromatic carbocycles. The number of likely N-dealkylation sites (tertiary alicyclic amines) is 1. The fourth-order valence-corrected chi connectivity index (χ4v) is 35.7. The van der Waals surface area contributed by atoms with Crippen molar-refractivity contribution in [3.8, 4) is 44.5 Å². The summed E-state index contributed by atoms with van der Waals surface area (Å²) in [6, 6.07) is 42.1. The Morgan fingerprint density at radius 2 is 0.412 bits per heavy atom. The van der Waals surface area contributed by atoms with Gasteiger partial charge in [-0.3, -0.25) is 4.90 Å². The molecular weight excluding hydrogens is 1640 g/mol. The first-order chi connectivity index (χ1) is 65.3. The molecule has 632 valence electrons. The summed E-state index contributed by atoms with van der Waals surface area (Å²) < 4.78 is 0. The standard InChI is InChI=1S/C131H83N5/c1-124(2,3)47-32-44(33-48(38-47)125(4,5)6)62-55-26-24-53(132-55)61(54-25-27-56(133-54)63(45-34-49(126(7,8)9)39-50(35-45)127(10,11)12)58-29-31-60(135-58)64(59-30-28-57(62)134-59)46-36-51(128(13,14)15)40-52(37-46)129(16,17)18)42-20-22-43(23-21-42)123-131-121-115-109-99-87-79-71-67-65-66-69-73(71)81(87)91-85-77(69)78-70(66)74-72-68(65)76-75(67)83-89(79)97-103-93(83)94-84(76)90-80(72)88-82(74)92-86(78)96-95(85)107(101(91)109)117(121)118-108(96)102(92)110-100(88)106-98(90)104(94)112-111(103)119(113(115)105(97)99)130(131,41-136(123)19)120(112)114(106)116(110)122(118)131/h20-40,123,132,135H,41H2,1-19H3. The van der Waals surface area contributed by atoms with Crippen LogP contribution in [0, 0.1) is 0 Å². The van der Waals surface area contributed by atoms with E-state index in [9.17, 15) is 0 Å². The van der Waals surface area contributed by atoms with Crippen molar-refractivity contribution >= 4 is 337 Å². The van der Waals surface area contributed by atoms with Gasteiger partial charge in [0.1, 0.15) is 0 Å². The summed E-state index contributed by atoms with van der Waals surface area (Å²) in [6.07, 6.45) is 9.33. The summed E-state index contributed by atoms with van der Waals surface area (Å²) in [5.41, 5.74) is 30.9. The normalized spacial score (nSPS) is 19.2. The fourth-order valence-electron chi connectivity index (χ4n) is 35.7. The Morgan fingerprint density at radius 1 is 0.228 bits per heavy atom. The molecule has 3 aliphatic heterocycles. The average molecular weight is 1730 g/mol. The Hall–Kier alpha value is -14.1. The van der Waals surface area contributed by atoms with E-state index in [-0.39, 0.29) is 38.5 Å². The maximum Gasteiger partial charge on any atom is 0.0737 e. The first kappa shape index (κ1) is 68.0. The average Bonchev–Trinajstić information content (AvgIpc) is 1.38. The van der Waals surface area contributed by atoms with E-state index in [1.54, 1.807) is 313 Å². The van der Waals surface area contributed by atoms with E-state index in [0.717, 1.165) is 95.9 Å². The molecule has 5 heteroatoms. The highest BCUT2D eigenvalue weighted by Gasteiger charge is 2.76. The second kappa shape index (κ2) is 18.2. The maximum atomic E-state index is 6.23. The van der Waals surface area contributed by atoms with E-state index in [0.29, 0.717) is 0 Å². The number of fused-ring (bicyclic) bond motifs is 8. The lowest BCUT2D eigenvalue weighted by molar-refractivity contribution is 0.271. The largest absolute Gasteiger partial charge is 0.354 e. The Morgan fingerprint density at radius 3 is 0.610 bits per heavy atom. The SMILES string of the molecule is CN1CC23c4c5c6c7c8c9c(c%10c%11c2c2c4c4c%12c5c5c6c6c8c8c%13c9c9c%10c%10c%11c%11c2c2c4c4c%12c%12c5c5c6c8c6c8c%13c9c9c%10c%10c%11c2c2c4c4c%12c5c6c5c8c9c%10c2c45)C73C1c1ccc(-c2c3nc(c(-c4cc(C(C)(C)C)cc(C(C)(C)C)c4)c4ccc([nH]4)c(-c4cc(C(C)(C)C)cc(C(C)(C)C)c4)c4nc(c(-c5cc(C(C)(C)C)cc(C(C)(C)C)c5)c5ccc2[nH]5)C=C4)C=C3)cc1. The van der Waals surface area contributed by atoms with Crippen molar-refractivity contribution in [1.29, 1.82) is 0 Å². The lowest BCUT2D eigenvalue weighted by atomic mass is 9.47. The maximum absolute atomic E-state index is 6.23. The van der Waals surface area contributed by atoms with Crippen molar-refractivity contribution in [1.82, 2.24) is 24.8 Å². The molecular formula is C131H83N5. The van der Waals surface area contributed by atoms with Gasteiger partial charge in [0.05, 0.1) is 33.6 Å². The molecule has 136 heavy (non-hydrogen) atoms. The van der Waals surface area contributed by atoms with Gasteiger partial charge in [-0.15, -0.1) is 0 Å². The van der Waals surface area contributed by atoms with Gasteiger partial charge in [0.25, 0.3) is 0 Å². The van der Waals surface area contributed by atoms with Crippen LogP contribution in [0.5, 0.6) is 0 Å². The smallest absolute Gasteiger partial charge is 0.0737 e. The zero-order valence-corrected chi connectivity index (χ0v) is 79.3. The van der Waals surface area contributed by atoms with Crippen LogP contribution in [0.4, 0.5) is 0 Å². The van der Waals surface area contributed by atoms with Crippen molar-refractivity contribution in [2.45, 2.75) is 174 Å². The highest BCUT2D eigenvalue weighted by Crippen LogP contribution is 2.87. The number of aromatic nitrogens is 4. The molecule has 1 saturated heterocycles. The number of nitrogens with one attached hydrogen (secondary N) is 2. The van der Waals surface area contributed by atoms with Crippen molar-refractivity contribution < 1.29 is 0 Å². The zero-order chi connectivity index (χ0) is 89.3. The number of H-pyrrole nitrogens is 2. The number of aromatic amines is 2. The first-order valence-corrected chi connectivity index (χ1v) is 50.5. The Labute approximate surface area is 775 Å². The van der Waals surface area contributed by atoms with Gasteiger partial charge in [0.2, 0.25) is 0 Å². The van der Waals surface area contributed by atoms with Gasteiger partial charge >= 0.3 is 0 Å². The molecule has 42 rings (SSSR count). The van der Waals surface area contributed by atoms with Gasteiger partial charge in [-0.1, -0.05) is 203 Å². The monoisotopic (exact) mass is 1730 g/mol. The molecule has 5 nitrogen and oxygen atoms in total. The molecule has 6 heterocycles. The van der Waals surface area contributed by atoms with Crippen LogP contribution in [-0.4, -0.2) is 38.4 Å². The Kier molecular flexibility index (Phi) is 9.10. The van der Waals surface area contributed by atoms with Crippen molar-refractivity contribution in [2.75, 3.05) is 13.6 Å². The molecule has 0 radical (unpaired) electrons. The number of likely N-dealkylation sites (N-methyl/N-ethyl adjacent to an activating group) is 1. The predicted octanol–water partition coefficient (Wildman–Crippen LogP) is 35.4. The summed E-state index contributed by atoms with van der Waals surface area (Å²) in [5.74, 6) is 0. The van der Waals surface area contributed by atoms with Gasteiger partial charge in [0.15, 0.2) is 0 Å². The lowest BCUT2D eigenvalue weighted by Crippen LogP contribution is -2.51. The number of benzene rings is 22. The molecule has 7 aliphatic rings. The van der Waals surface area contributed by atoms with Crippen LogP contribution in [0.15, 0.2) is 103 Å². The third-order valence-electron chi connectivity index (χ3n) is 40.0. The van der Waals surface area contributed by atoms with Crippen LogP contribution < -0.4 is 0 Å². The van der Waals surface area contributed by atoms with Gasteiger partial charge in [0, 0.05) is 56.9 Å². The summed E-state index contributed by atoms with van der Waals surface area (Å²) >= 11 is 0. The molecule has 0 amide bonds. The van der Waals surface area contributed by atoms with Crippen LogP contribution in [0.1, 0.15) is 215 Å². The highest BCUT2D eigenvalue weighted by molar-refractivity contribution is 6.82. The van der Waals surface area contributed by atoms with Crippen LogP contribution in [0.3, 0.4) is 0 Å². The number of hydrogen-bond donors (Lipinski definition) is 2. The highest BCUT2D eigenvalue weighted by atomic mass is 15.2. The third kappa shape index (κ3) is 5.73. The van der Waals surface area contributed by atoms with Crippen molar-refractivity contribution in [2.24, 2.45) is 0 Å². The van der Waals surface area contributed by atoms with E-state index in [4.69, 9.17) is 9.97 Å². The van der Waals surface area contributed by atoms with Crippen LogP contribution in [0.2, 0.25) is 0 Å². The van der Waals surface area contributed by atoms with Gasteiger partial charge < -0.3 is 9.97 Å². The molecule has 0 saturated carbocycles. The van der Waals surface area contributed by atoms with Gasteiger partial charge in [-0.2, -0.15) is 0 Å². The first-order valence-electron chi connectivity index (χ1n) is 50.5. The summed E-state index contributed by atoms with van der Waals surface area (Å²) in [4.78, 5) is 24.0.